The molecule has 0 aliphatic carbocycles. The van der Waals surface area contributed by atoms with E-state index in [4.69, 9.17) is 0 Å². The second kappa shape index (κ2) is 7.52. The van der Waals surface area contributed by atoms with Crippen molar-refractivity contribution in [1.29, 1.82) is 0 Å². The summed E-state index contributed by atoms with van der Waals surface area (Å²) < 4.78 is 15.6. The van der Waals surface area contributed by atoms with Crippen LogP contribution in [0, 0.1) is 0 Å². The fraction of sp³-hybridized carbons (Fsp3) is 0.0909. The van der Waals surface area contributed by atoms with Gasteiger partial charge in [-0.15, -0.1) is 11.8 Å². The summed E-state index contributed by atoms with van der Waals surface area (Å²) in [6, 6.07) is 28.3. The van der Waals surface area contributed by atoms with Gasteiger partial charge in [0.25, 0.3) is 0 Å². The molecule has 4 heteroatoms. The Balaban J connectivity index is 1.81. The molecule has 0 spiro atoms. The predicted molar refractivity (Wildman–Crippen MR) is 110 cm³/mol. The summed E-state index contributed by atoms with van der Waals surface area (Å²) in [4.78, 5) is 1.75. The molecule has 2 nitrogen and oxygen atoms in total. The number of hydrogen-bond acceptors (Lipinski definition) is 2. The third-order valence-electron chi connectivity index (χ3n) is 4.37. The van der Waals surface area contributed by atoms with E-state index in [0.717, 1.165) is 31.5 Å². The molecule has 1 heterocycles. The maximum atomic E-state index is 13.4. The highest BCUT2D eigenvalue weighted by atomic mass is 32.2. The number of benzene rings is 3. The minimum Gasteiger partial charge on any atom is -0.338 e. The van der Waals surface area contributed by atoms with Crippen LogP contribution in [0.5, 0.6) is 0 Å². The highest BCUT2D eigenvalue weighted by Crippen LogP contribution is 2.38. The first-order valence-corrected chi connectivity index (χ1v) is 10.6. The van der Waals surface area contributed by atoms with Crippen molar-refractivity contribution in [2.24, 2.45) is 7.05 Å². The lowest BCUT2D eigenvalue weighted by Crippen LogP contribution is -1.97. The molecule has 0 N–H and O–H groups in total. The monoisotopic (exact) mass is 377 g/mol. The molecule has 0 bridgehead atoms. The standard InChI is InChI=1S/C22H19NOS2/c1-23-20-15-9-8-14-19(20)21(26(24)18-12-6-3-7-13-18)22(23)25-16-17-10-4-2-5-11-17/h2-15H,16H2,1H3. The van der Waals surface area contributed by atoms with E-state index in [1.807, 2.05) is 48.5 Å². The lowest BCUT2D eigenvalue weighted by molar-refractivity contribution is 0.680. The molecule has 0 radical (unpaired) electrons. The number of aromatic nitrogens is 1. The van der Waals surface area contributed by atoms with Crippen LogP contribution in [-0.2, 0) is 23.6 Å². The number of rotatable bonds is 5. The van der Waals surface area contributed by atoms with Crippen molar-refractivity contribution < 1.29 is 4.21 Å². The molecule has 0 saturated heterocycles. The summed E-state index contributed by atoms with van der Waals surface area (Å²) in [5, 5.41) is 2.13. The Morgan fingerprint density at radius 1 is 0.846 bits per heavy atom. The molecular formula is C22H19NOS2. The van der Waals surface area contributed by atoms with Gasteiger partial charge in [-0.05, 0) is 23.8 Å². The lowest BCUT2D eigenvalue weighted by atomic mass is 10.2. The highest BCUT2D eigenvalue weighted by Gasteiger charge is 2.21. The fourth-order valence-electron chi connectivity index (χ4n) is 3.06. The molecule has 0 aliphatic rings. The molecule has 0 amide bonds. The van der Waals surface area contributed by atoms with Crippen molar-refractivity contribution in [3.05, 3.63) is 90.5 Å². The normalized spacial score (nSPS) is 12.3. The van der Waals surface area contributed by atoms with Crippen LogP contribution in [0.25, 0.3) is 10.9 Å². The Hall–Kier alpha value is -2.30. The smallest absolute Gasteiger partial charge is 0.0927 e. The molecule has 0 fully saturated rings. The number of aryl methyl sites for hydroxylation is 1. The van der Waals surface area contributed by atoms with Gasteiger partial charge in [-0.2, -0.15) is 0 Å². The van der Waals surface area contributed by atoms with Gasteiger partial charge in [0.2, 0.25) is 0 Å². The SMILES string of the molecule is Cn1c(SCc2ccccc2)c(S(=O)c2ccccc2)c2ccccc21. The first-order chi connectivity index (χ1) is 12.8. The minimum absolute atomic E-state index is 0.838. The van der Waals surface area contributed by atoms with Crippen LogP contribution < -0.4 is 0 Å². The van der Waals surface area contributed by atoms with E-state index in [2.05, 4.69) is 48.0 Å². The van der Waals surface area contributed by atoms with Crippen molar-refractivity contribution in [2.75, 3.05) is 0 Å². The van der Waals surface area contributed by atoms with E-state index >= 15 is 0 Å². The van der Waals surface area contributed by atoms with Gasteiger partial charge in [0.05, 0.1) is 20.7 Å². The molecule has 26 heavy (non-hydrogen) atoms. The fourth-order valence-corrected chi connectivity index (χ4v) is 5.81. The third-order valence-corrected chi connectivity index (χ3v) is 7.21. The van der Waals surface area contributed by atoms with E-state index < -0.39 is 10.8 Å². The Labute approximate surface area is 160 Å². The van der Waals surface area contributed by atoms with Crippen molar-refractivity contribution >= 4 is 33.5 Å². The van der Waals surface area contributed by atoms with Crippen LogP contribution in [0.2, 0.25) is 0 Å². The van der Waals surface area contributed by atoms with E-state index in [0.29, 0.717) is 0 Å². The average molecular weight is 378 g/mol. The third kappa shape index (κ3) is 3.22. The largest absolute Gasteiger partial charge is 0.338 e. The zero-order valence-electron chi connectivity index (χ0n) is 14.5. The van der Waals surface area contributed by atoms with Gasteiger partial charge < -0.3 is 4.57 Å². The topological polar surface area (TPSA) is 22.0 Å². The van der Waals surface area contributed by atoms with Crippen LogP contribution in [0.4, 0.5) is 0 Å². The van der Waals surface area contributed by atoms with Crippen molar-refractivity contribution in [3.8, 4) is 0 Å². The molecule has 0 aliphatic heterocycles. The molecule has 1 atom stereocenters. The number of hydrogen-bond donors (Lipinski definition) is 0. The molecule has 130 valence electrons. The van der Waals surface area contributed by atoms with Crippen molar-refractivity contribution in [2.45, 2.75) is 20.6 Å². The molecule has 0 saturated carbocycles. The number of nitrogens with zero attached hydrogens (tertiary/aromatic N) is 1. The first kappa shape index (κ1) is 17.1. The average Bonchev–Trinajstić information content (AvgIpc) is 2.99. The van der Waals surface area contributed by atoms with Gasteiger partial charge in [0.15, 0.2) is 0 Å². The maximum absolute atomic E-state index is 13.4. The Morgan fingerprint density at radius 3 is 2.19 bits per heavy atom. The summed E-state index contributed by atoms with van der Waals surface area (Å²) in [5.41, 5.74) is 2.38. The highest BCUT2D eigenvalue weighted by molar-refractivity contribution is 7.99. The van der Waals surface area contributed by atoms with E-state index in [-0.39, 0.29) is 0 Å². The van der Waals surface area contributed by atoms with Gasteiger partial charge >= 0.3 is 0 Å². The molecule has 3 aromatic carbocycles. The van der Waals surface area contributed by atoms with Gasteiger partial charge in [0.1, 0.15) is 0 Å². The predicted octanol–water partition coefficient (Wildman–Crippen LogP) is 5.64. The molecular weight excluding hydrogens is 358 g/mol. The summed E-state index contributed by atoms with van der Waals surface area (Å²) in [6.45, 7) is 0. The van der Waals surface area contributed by atoms with E-state index in [1.165, 1.54) is 5.56 Å². The Morgan fingerprint density at radius 2 is 1.46 bits per heavy atom. The molecule has 1 unspecified atom stereocenters. The molecule has 4 rings (SSSR count). The number of fused-ring (bicyclic) bond motifs is 1. The van der Waals surface area contributed by atoms with Crippen molar-refractivity contribution in [3.63, 3.8) is 0 Å². The summed E-state index contributed by atoms with van der Waals surface area (Å²) >= 11 is 1.75. The van der Waals surface area contributed by atoms with Crippen LogP contribution in [0.1, 0.15) is 5.56 Å². The van der Waals surface area contributed by atoms with Crippen molar-refractivity contribution in [1.82, 2.24) is 4.57 Å². The van der Waals surface area contributed by atoms with Crippen LogP contribution in [0.3, 0.4) is 0 Å². The zero-order valence-corrected chi connectivity index (χ0v) is 16.1. The quantitative estimate of drug-likeness (QED) is 0.420. The first-order valence-electron chi connectivity index (χ1n) is 8.46. The number of para-hydroxylation sites is 1. The van der Waals surface area contributed by atoms with Crippen LogP contribution in [0.15, 0.2) is 99.7 Å². The van der Waals surface area contributed by atoms with E-state index in [9.17, 15) is 4.21 Å². The summed E-state index contributed by atoms with van der Waals surface area (Å²) in [7, 11) is 0.845. The Bertz CT molecular complexity index is 1060. The number of thioether (sulfide) groups is 1. The maximum Gasteiger partial charge on any atom is 0.0927 e. The van der Waals surface area contributed by atoms with Crippen LogP contribution in [-0.4, -0.2) is 8.78 Å². The van der Waals surface area contributed by atoms with Gasteiger partial charge in [-0.3, -0.25) is 0 Å². The van der Waals surface area contributed by atoms with Gasteiger partial charge in [-0.25, -0.2) is 4.21 Å². The second-order valence-corrected chi connectivity index (χ2v) is 8.45. The van der Waals surface area contributed by atoms with E-state index in [1.54, 1.807) is 11.8 Å². The van der Waals surface area contributed by atoms with Crippen LogP contribution >= 0.6 is 11.8 Å². The molecule has 4 aromatic rings. The Kier molecular flexibility index (Phi) is 4.96. The van der Waals surface area contributed by atoms with Gasteiger partial charge in [0, 0.05) is 28.6 Å². The zero-order chi connectivity index (χ0) is 17.9. The molecule has 1 aromatic heterocycles. The minimum atomic E-state index is -1.21. The summed E-state index contributed by atoms with van der Waals surface area (Å²) in [6.07, 6.45) is 0. The van der Waals surface area contributed by atoms with Gasteiger partial charge in [-0.1, -0.05) is 66.7 Å². The summed E-state index contributed by atoms with van der Waals surface area (Å²) in [5.74, 6) is 0.851. The second-order valence-electron chi connectivity index (χ2n) is 6.07. The lowest BCUT2D eigenvalue weighted by Gasteiger charge is -2.08.